The number of rotatable bonds is 4. The van der Waals surface area contributed by atoms with Gasteiger partial charge in [0.1, 0.15) is 10.4 Å². The number of carboxylic acid groups (broad SMARTS) is 1. The molecule has 8 heteroatoms. The number of hydrogen-bond acceptors (Lipinski definition) is 3. The Balaban J connectivity index is 2.38. The van der Waals surface area contributed by atoms with Crippen LogP contribution in [0.1, 0.15) is 19.3 Å². The van der Waals surface area contributed by atoms with E-state index >= 15 is 0 Å². The second-order valence-electron chi connectivity index (χ2n) is 4.40. The van der Waals surface area contributed by atoms with Crippen molar-refractivity contribution in [1.82, 2.24) is 4.72 Å². The summed E-state index contributed by atoms with van der Waals surface area (Å²) in [4.78, 5) is 10.5. The smallest absolute Gasteiger partial charge is 0.324 e. The third kappa shape index (κ3) is 2.45. The van der Waals surface area contributed by atoms with Gasteiger partial charge in [0.05, 0.1) is 5.02 Å². The number of sulfonamides is 1. The average molecular weight is 308 g/mol. The summed E-state index contributed by atoms with van der Waals surface area (Å²) in [6, 6.07) is 3.54. The molecule has 1 fully saturated rings. The van der Waals surface area contributed by atoms with Crippen LogP contribution in [-0.2, 0) is 14.8 Å². The van der Waals surface area contributed by atoms with Crippen molar-refractivity contribution in [2.24, 2.45) is 0 Å². The Labute approximate surface area is 114 Å². The maximum atomic E-state index is 13.7. The van der Waals surface area contributed by atoms with Gasteiger partial charge >= 0.3 is 5.97 Å². The van der Waals surface area contributed by atoms with Gasteiger partial charge in [-0.15, -0.1) is 0 Å². The molecule has 0 amide bonds. The maximum absolute atomic E-state index is 13.7. The average Bonchev–Trinajstić information content (AvgIpc) is 2.26. The number of carboxylic acids is 1. The quantitative estimate of drug-likeness (QED) is 0.888. The second-order valence-corrected chi connectivity index (χ2v) is 6.46. The standard InChI is InChI=1S/C11H11ClFNO4S/c12-7-3-1-4-8(9(7)13)19(17,18)14-11(10(15)16)5-2-6-11/h1,3-4,14H,2,5-6H2,(H,15,16). The molecule has 0 heterocycles. The van der Waals surface area contributed by atoms with Crippen molar-refractivity contribution in [2.45, 2.75) is 29.7 Å². The molecule has 0 unspecified atom stereocenters. The number of benzene rings is 1. The first kappa shape index (κ1) is 14.2. The van der Waals surface area contributed by atoms with Crippen molar-refractivity contribution in [3.63, 3.8) is 0 Å². The maximum Gasteiger partial charge on any atom is 0.324 e. The van der Waals surface area contributed by atoms with Gasteiger partial charge in [0, 0.05) is 0 Å². The van der Waals surface area contributed by atoms with E-state index in [0.29, 0.717) is 6.42 Å². The summed E-state index contributed by atoms with van der Waals surface area (Å²) in [5, 5.41) is 8.74. The molecule has 0 saturated heterocycles. The third-order valence-corrected chi connectivity index (χ3v) is 5.00. The van der Waals surface area contributed by atoms with Crippen LogP contribution in [-0.4, -0.2) is 25.0 Å². The highest BCUT2D eigenvalue weighted by Crippen LogP contribution is 2.34. The van der Waals surface area contributed by atoms with Gasteiger partial charge in [-0.1, -0.05) is 17.7 Å². The van der Waals surface area contributed by atoms with Crippen molar-refractivity contribution >= 4 is 27.6 Å². The lowest BCUT2D eigenvalue weighted by Gasteiger charge is -2.37. The molecular formula is C11H11ClFNO4S. The molecular weight excluding hydrogens is 297 g/mol. The van der Waals surface area contributed by atoms with E-state index in [9.17, 15) is 17.6 Å². The van der Waals surface area contributed by atoms with Crippen LogP contribution in [0.3, 0.4) is 0 Å². The number of nitrogens with one attached hydrogen (secondary N) is 1. The van der Waals surface area contributed by atoms with E-state index in [1.54, 1.807) is 0 Å². The molecule has 104 valence electrons. The topological polar surface area (TPSA) is 83.5 Å². The van der Waals surface area contributed by atoms with Gasteiger partial charge in [-0.2, -0.15) is 4.72 Å². The molecule has 1 saturated carbocycles. The molecule has 1 aliphatic carbocycles. The van der Waals surface area contributed by atoms with E-state index in [1.807, 2.05) is 0 Å². The lowest BCUT2D eigenvalue weighted by atomic mass is 9.78. The van der Waals surface area contributed by atoms with Gasteiger partial charge in [-0.25, -0.2) is 12.8 Å². The molecule has 0 spiro atoms. The number of aliphatic carboxylic acids is 1. The monoisotopic (exact) mass is 307 g/mol. The summed E-state index contributed by atoms with van der Waals surface area (Å²) in [5.41, 5.74) is -1.53. The van der Waals surface area contributed by atoms with Crippen LogP contribution in [0, 0.1) is 5.82 Å². The van der Waals surface area contributed by atoms with E-state index in [1.165, 1.54) is 12.1 Å². The second kappa shape index (κ2) is 4.73. The predicted molar refractivity (Wildman–Crippen MR) is 65.9 cm³/mol. The first-order chi connectivity index (χ1) is 8.78. The van der Waals surface area contributed by atoms with E-state index in [4.69, 9.17) is 16.7 Å². The molecule has 0 bridgehead atoms. The Bertz CT molecular complexity index is 628. The van der Waals surface area contributed by atoms with E-state index < -0.39 is 32.2 Å². The summed E-state index contributed by atoms with van der Waals surface area (Å²) in [6.07, 6.45) is 0.973. The van der Waals surface area contributed by atoms with Gasteiger partial charge in [0.2, 0.25) is 10.0 Å². The first-order valence-corrected chi connectivity index (χ1v) is 7.36. The van der Waals surface area contributed by atoms with Gasteiger partial charge < -0.3 is 5.11 Å². The molecule has 1 aromatic rings. The zero-order valence-corrected chi connectivity index (χ0v) is 11.3. The molecule has 2 rings (SSSR count). The van der Waals surface area contributed by atoms with Crippen molar-refractivity contribution in [3.8, 4) is 0 Å². The van der Waals surface area contributed by atoms with E-state index in [0.717, 1.165) is 6.07 Å². The van der Waals surface area contributed by atoms with Gasteiger partial charge in [0.25, 0.3) is 0 Å². The fourth-order valence-corrected chi connectivity index (χ4v) is 3.64. The highest BCUT2D eigenvalue weighted by molar-refractivity contribution is 7.89. The minimum Gasteiger partial charge on any atom is -0.480 e. The molecule has 1 aliphatic rings. The van der Waals surface area contributed by atoms with E-state index in [-0.39, 0.29) is 17.9 Å². The minimum atomic E-state index is -4.27. The molecule has 0 radical (unpaired) electrons. The fourth-order valence-electron chi connectivity index (χ4n) is 1.89. The van der Waals surface area contributed by atoms with Crippen LogP contribution in [0.4, 0.5) is 4.39 Å². The Morgan fingerprint density at radius 1 is 1.42 bits per heavy atom. The minimum absolute atomic E-state index is 0.184. The van der Waals surface area contributed by atoms with Crippen molar-refractivity contribution < 1.29 is 22.7 Å². The van der Waals surface area contributed by atoms with Crippen LogP contribution in [0.15, 0.2) is 23.1 Å². The van der Waals surface area contributed by atoms with Crippen LogP contribution in [0.25, 0.3) is 0 Å². The zero-order chi connectivity index (χ0) is 14.3. The van der Waals surface area contributed by atoms with Crippen LogP contribution < -0.4 is 4.72 Å². The highest BCUT2D eigenvalue weighted by atomic mass is 35.5. The predicted octanol–water partition coefficient (Wildman–Crippen LogP) is 1.76. The summed E-state index contributed by atoms with van der Waals surface area (Å²) >= 11 is 5.52. The van der Waals surface area contributed by atoms with Gasteiger partial charge in [0.15, 0.2) is 5.82 Å². The molecule has 1 aromatic carbocycles. The summed E-state index contributed by atoms with van der Waals surface area (Å²) in [6.45, 7) is 0. The van der Waals surface area contributed by atoms with Crippen molar-refractivity contribution in [2.75, 3.05) is 0 Å². The van der Waals surface area contributed by atoms with Crippen molar-refractivity contribution in [3.05, 3.63) is 29.0 Å². The molecule has 0 atom stereocenters. The largest absolute Gasteiger partial charge is 0.480 e. The van der Waals surface area contributed by atoms with Crippen LogP contribution >= 0.6 is 11.6 Å². The fraction of sp³-hybridized carbons (Fsp3) is 0.364. The molecule has 19 heavy (non-hydrogen) atoms. The van der Waals surface area contributed by atoms with Gasteiger partial charge in [-0.05, 0) is 31.4 Å². The Morgan fingerprint density at radius 3 is 2.53 bits per heavy atom. The van der Waals surface area contributed by atoms with Crippen molar-refractivity contribution in [1.29, 1.82) is 0 Å². The molecule has 0 aliphatic heterocycles. The Hall–Kier alpha value is -1.18. The van der Waals surface area contributed by atoms with E-state index in [2.05, 4.69) is 4.72 Å². The third-order valence-electron chi connectivity index (χ3n) is 3.15. The SMILES string of the molecule is O=C(O)C1(NS(=O)(=O)c2cccc(Cl)c2F)CCC1. The highest BCUT2D eigenvalue weighted by Gasteiger charge is 2.48. The Kier molecular flexibility index (Phi) is 3.55. The lowest BCUT2D eigenvalue weighted by molar-refractivity contribution is -0.147. The normalized spacial score (nSPS) is 17.8. The lowest BCUT2D eigenvalue weighted by Crippen LogP contribution is -2.59. The number of carbonyl (C=O) groups is 1. The summed E-state index contributed by atoms with van der Waals surface area (Å²) in [5.74, 6) is -2.35. The van der Waals surface area contributed by atoms with Crippen LogP contribution in [0.5, 0.6) is 0 Å². The first-order valence-electron chi connectivity index (χ1n) is 5.50. The molecule has 5 nitrogen and oxygen atoms in total. The van der Waals surface area contributed by atoms with Gasteiger partial charge in [-0.3, -0.25) is 4.79 Å². The van der Waals surface area contributed by atoms with Crippen LogP contribution in [0.2, 0.25) is 5.02 Å². The Morgan fingerprint density at radius 2 is 2.05 bits per heavy atom. The molecule has 0 aromatic heterocycles. The molecule has 2 N–H and O–H groups in total. The number of hydrogen-bond donors (Lipinski definition) is 2. The number of halogens is 2. The summed E-state index contributed by atoms with van der Waals surface area (Å²) in [7, 11) is -4.27. The summed E-state index contributed by atoms with van der Waals surface area (Å²) < 4.78 is 39.9. The zero-order valence-electron chi connectivity index (χ0n) is 9.69.